The maximum absolute atomic E-state index is 3.48. The van der Waals surface area contributed by atoms with Crippen molar-refractivity contribution < 1.29 is 0 Å². The first-order chi connectivity index (χ1) is 6.85. The largest absolute Gasteiger partial charge is 0.320 e. The second-order valence-corrected chi connectivity index (χ2v) is 4.09. The molecule has 0 aromatic heterocycles. The predicted molar refractivity (Wildman–Crippen MR) is 64.7 cm³/mol. The van der Waals surface area contributed by atoms with E-state index in [1.165, 1.54) is 51.7 Å². The van der Waals surface area contributed by atoms with Crippen molar-refractivity contribution in [1.29, 1.82) is 0 Å². The molecule has 2 nitrogen and oxygen atoms in total. The van der Waals surface area contributed by atoms with Gasteiger partial charge in [0.05, 0.1) is 0 Å². The monoisotopic (exact) mass is 200 g/mol. The molecule has 0 rings (SSSR count). The van der Waals surface area contributed by atoms with Crippen molar-refractivity contribution in [1.82, 2.24) is 10.6 Å². The topological polar surface area (TPSA) is 24.1 Å². The standard InChI is InChI=1S/C12H28N2/c1-4-6-12(7-10-13-3)8-11-14-9-5-2/h12-14H,4-11H2,1-3H3. The predicted octanol–water partition coefficient (Wildman–Crippen LogP) is 2.40. The lowest BCUT2D eigenvalue weighted by Crippen LogP contribution is -2.21. The molecule has 0 spiro atoms. The van der Waals surface area contributed by atoms with Crippen LogP contribution < -0.4 is 10.6 Å². The van der Waals surface area contributed by atoms with Crippen molar-refractivity contribution in [3.8, 4) is 0 Å². The fourth-order valence-electron chi connectivity index (χ4n) is 1.80. The average molecular weight is 200 g/mol. The molecule has 14 heavy (non-hydrogen) atoms. The molecule has 0 heterocycles. The van der Waals surface area contributed by atoms with E-state index in [0.29, 0.717) is 0 Å². The van der Waals surface area contributed by atoms with Crippen LogP contribution in [0.15, 0.2) is 0 Å². The quantitative estimate of drug-likeness (QED) is 0.529. The summed E-state index contributed by atoms with van der Waals surface area (Å²) < 4.78 is 0. The van der Waals surface area contributed by atoms with Crippen LogP contribution in [0.1, 0.15) is 46.0 Å². The van der Waals surface area contributed by atoms with Gasteiger partial charge in [-0.05, 0) is 51.9 Å². The third-order valence-electron chi connectivity index (χ3n) is 2.66. The van der Waals surface area contributed by atoms with Crippen LogP contribution in [0.3, 0.4) is 0 Å². The third kappa shape index (κ3) is 8.52. The highest BCUT2D eigenvalue weighted by Crippen LogP contribution is 2.14. The third-order valence-corrected chi connectivity index (χ3v) is 2.66. The molecule has 0 aromatic rings. The van der Waals surface area contributed by atoms with Crippen LogP contribution in [0.25, 0.3) is 0 Å². The normalized spacial score (nSPS) is 13.1. The molecule has 0 radical (unpaired) electrons. The summed E-state index contributed by atoms with van der Waals surface area (Å²) in [6, 6.07) is 0. The van der Waals surface area contributed by atoms with Crippen molar-refractivity contribution in [3.63, 3.8) is 0 Å². The zero-order chi connectivity index (χ0) is 10.6. The Labute approximate surface area is 89.9 Å². The van der Waals surface area contributed by atoms with E-state index >= 15 is 0 Å². The summed E-state index contributed by atoms with van der Waals surface area (Å²) in [5.41, 5.74) is 0. The summed E-state index contributed by atoms with van der Waals surface area (Å²) >= 11 is 0. The minimum atomic E-state index is 0.914. The summed E-state index contributed by atoms with van der Waals surface area (Å²) in [6.45, 7) is 8.04. The van der Waals surface area contributed by atoms with Crippen LogP contribution in [-0.2, 0) is 0 Å². The van der Waals surface area contributed by atoms with Gasteiger partial charge in [0.15, 0.2) is 0 Å². The first-order valence-electron chi connectivity index (χ1n) is 6.20. The van der Waals surface area contributed by atoms with E-state index in [2.05, 4.69) is 24.5 Å². The Morgan fingerprint density at radius 3 is 2.14 bits per heavy atom. The molecule has 1 atom stereocenters. The molecule has 0 aromatic carbocycles. The second-order valence-electron chi connectivity index (χ2n) is 4.09. The highest BCUT2D eigenvalue weighted by atomic mass is 14.8. The van der Waals surface area contributed by atoms with E-state index in [-0.39, 0.29) is 0 Å². The van der Waals surface area contributed by atoms with Gasteiger partial charge in [-0.3, -0.25) is 0 Å². The number of nitrogens with one attached hydrogen (secondary N) is 2. The second kappa shape index (κ2) is 11.0. The molecule has 1 unspecified atom stereocenters. The summed E-state index contributed by atoms with van der Waals surface area (Å²) in [7, 11) is 2.04. The van der Waals surface area contributed by atoms with Crippen molar-refractivity contribution in [2.45, 2.75) is 46.0 Å². The van der Waals surface area contributed by atoms with E-state index in [1.54, 1.807) is 0 Å². The lowest BCUT2D eigenvalue weighted by molar-refractivity contribution is 0.399. The van der Waals surface area contributed by atoms with Gasteiger partial charge in [0.2, 0.25) is 0 Å². The first kappa shape index (κ1) is 13.9. The van der Waals surface area contributed by atoms with E-state index < -0.39 is 0 Å². The van der Waals surface area contributed by atoms with Gasteiger partial charge in [-0.25, -0.2) is 0 Å². The van der Waals surface area contributed by atoms with Gasteiger partial charge >= 0.3 is 0 Å². The highest BCUT2D eigenvalue weighted by Gasteiger charge is 2.06. The van der Waals surface area contributed by atoms with E-state index in [4.69, 9.17) is 0 Å². The van der Waals surface area contributed by atoms with Gasteiger partial charge in [-0.1, -0.05) is 26.7 Å². The molecule has 0 aliphatic rings. The first-order valence-corrected chi connectivity index (χ1v) is 6.20. The number of rotatable bonds is 10. The van der Waals surface area contributed by atoms with Crippen molar-refractivity contribution in [2.75, 3.05) is 26.7 Å². The average Bonchev–Trinajstić information content (AvgIpc) is 2.20. The molecular formula is C12H28N2. The molecule has 0 aliphatic carbocycles. The summed E-state index contributed by atoms with van der Waals surface area (Å²) in [5, 5.41) is 6.72. The van der Waals surface area contributed by atoms with Crippen molar-refractivity contribution in [3.05, 3.63) is 0 Å². The Bertz CT molecular complexity index is 104. The van der Waals surface area contributed by atoms with Crippen LogP contribution in [0.4, 0.5) is 0 Å². The Kier molecular flexibility index (Phi) is 10.9. The van der Waals surface area contributed by atoms with Gasteiger partial charge in [-0.15, -0.1) is 0 Å². The lowest BCUT2D eigenvalue weighted by atomic mass is 9.96. The molecular weight excluding hydrogens is 172 g/mol. The summed E-state index contributed by atoms with van der Waals surface area (Å²) in [6.07, 6.45) is 6.63. The van der Waals surface area contributed by atoms with E-state index in [9.17, 15) is 0 Å². The molecule has 0 fully saturated rings. The maximum Gasteiger partial charge on any atom is -0.00463 e. The molecule has 2 heteroatoms. The summed E-state index contributed by atoms with van der Waals surface area (Å²) in [5.74, 6) is 0.914. The molecule has 86 valence electrons. The molecule has 2 N–H and O–H groups in total. The molecule has 0 bridgehead atoms. The molecule has 0 saturated heterocycles. The van der Waals surface area contributed by atoms with Crippen molar-refractivity contribution >= 4 is 0 Å². The van der Waals surface area contributed by atoms with Gasteiger partial charge in [0.1, 0.15) is 0 Å². The Morgan fingerprint density at radius 1 is 0.857 bits per heavy atom. The number of hydrogen-bond acceptors (Lipinski definition) is 2. The Hall–Kier alpha value is -0.0800. The lowest BCUT2D eigenvalue weighted by Gasteiger charge is -2.15. The fraction of sp³-hybridized carbons (Fsp3) is 1.00. The SMILES string of the molecule is CCCNCCC(CCC)CCNC. The summed E-state index contributed by atoms with van der Waals surface area (Å²) in [4.78, 5) is 0. The van der Waals surface area contributed by atoms with Crippen LogP contribution in [0.5, 0.6) is 0 Å². The van der Waals surface area contributed by atoms with Gasteiger partial charge in [0.25, 0.3) is 0 Å². The molecule has 0 amide bonds. The Morgan fingerprint density at radius 2 is 1.57 bits per heavy atom. The highest BCUT2D eigenvalue weighted by molar-refractivity contribution is 4.62. The van der Waals surface area contributed by atoms with Crippen LogP contribution in [-0.4, -0.2) is 26.7 Å². The minimum Gasteiger partial charge on any atom is -0.320 e. The zero-order valence-electron chi connectivity index (χ0n) is 10.2. The molecule has 0 saturated carbocycles. The van der Waals surface area contributed by atoms with Crippen LogP contribution in [0, 0.1) is 5.92 Å². The fourth-order valence-corrected chi connectivity index (χ4v) is 1.80. The Balaban J connectivity index is 3.40. The van der Waals surface area contributed by atoms with Gasteiger partial charge < -0.3 is 10.6 Å². The van der Waals surface area contributed by atoms with Crippen molar-refractivity contribution in [2.24, 2.45) is 5.92 Å². The number of hydrogen-bond donors (Lipinski definition) is 2. The minimum absolute atomic E-state index is 0.914. The van der Waals surface area contributed by atoms with E-state index in [0.717, 1.165) is 5.92 Å². The van der Waals surface area contributed by atoms with E-state index in [1.807, 2.05) is 7.05 Å². The zero-order valence-corrected chi connectivity index (χ0v) is 10.2. The maximum atomic E-state index is 3.48. The van der Waals surface area contributed by atoms with Gasteiger partial charge in [0, 0.05) is 0 Å². The van der Waals surface area contributed by atoms with Crippen LogP contribution in [0.2, 0.25) is 0 Å². The van der Waals surface area contributed by atoms with Crippen LogP contribution >= 0.6 is 0 Å². The molecule has 0 aliphatic heterocycles. The smallest absolute Gasteiger partial charge is 0.00463 e. The van der Waals surface area contributed by atoms with Gasteiger partial charge in [-0.2, -0.15) is 0 Å².